The van der Waals surface area contributed by atoms with E-state index in [1.807, 2.05) is 32.5 Å². The number of carbonyl (C=O) groups is 1. The normalized spacial score (nSPS) is 17.5. The average molecular weight is 370 g/mol. The molecule has 0 spiro atoms. The van der Waals surface area contributed by atoms with Gasteiger partial charge >= 0.3 is 0 Å². The van der Waals surface area contributed by atoms with Gasteiger partial charge in [-0.25, -0.2) is 0 Å². The summed E-state index contributed by atoms with van der Waals surface area (Å²) in [5.74, 6) is -0.152. The molecule has 1 amide bonds. The fourth-order valence-corrected chi connectivity index (χ4v) is 4.43. The van der Waals surface area contributed by atoms with Gasteiger partial charge < -0.3 is 10.1 Å². The number of carbonyl (C=O) groups excluding carboxylic acids is 1. The molecule has 27 heavy (non-hydrogen) atoms. The molecule has 3 rings (SSSR count). The van der Waals surface area contributed by atoms with Gasteiger partial charge in [-0.1, -0.05) is 24.3 Å². The predicted octanol–water partition coefficient (Wildman–Crippen LogP) is 3.31. The Morgan fingerprint density at radius 1 is 1.26 bits per heavy atom. The summed E-state index contributed by atoms with van der Waals surface area (Å²) in [7, 11) is 1.92. The number of amides is 1. The first-order chi connectivity index (χ1) is 12.9. The molecule has 0 bridgehead atoms. The minimum Gasteiger partial charge on any atom is -0.381 e. The van der Waals surface area contributed by atoms with Crippen molar-refractivity contribution in [2.24, 2.45) is 7.05 Å². The van der Waals surface area contributed by atoms with E-state index in [1.54, 1.807) is 0 Å². The monoisotopic (exact) mass is 369 g/mol. The lowest BCUT2D eigenvalue weighted by Crippen LogP contribution is -2.46. The molecule has 0 unspecified atom stereocenters. The number of aryl methyl sites for hydroxylation is 3. The molecule has 5 heteroatoms. The van der Waals surface area contributed by atoms with Gasteiger partial charge in [-0.2, -0.15) is 5.10 Å². The zero-order chi connectivity index (χ0) is 19.6. The standard InChI is InChI=1S/C22H31N3O2/c1-15-8-6-7-9-19(15)22(10-12-27-13-11-22)14-23-21(26)16(2)20-17(3)24-25(5)18(20)4/h6-9,16H,10-14H2,1-5H3,(H,23,26)/t16-/m1/s1. The van der Waals surface area contributed by atoms with Gasteiger partial charge in [0.2, 0.25) is 5.91 Å². The van der Waals surface area contributed by atoms with Crippen LogP contribution < -0.4 is 5.32 Å². The molecule has 1 N–H and O–H groups in total. The smallest absolute Gasteiger partial charge is 0.227 e. The van der Waals surface area contributed by atoms with Crippen molar-refractivity contribution in [2.45, 2.75) is 51.9 Å². The van der Waals surface area contributed by atoms with Crippen molar-refractivity contribution in [1.82, 2.24) is 15.1 Å². The second-order valence-corrected chi connectivity index (χ2v) is 7.86. The van der Waals surface area contributed by atoms with E-state index in [2.05, 4.69) is 41.6 Å². The highest BCUT2D eigenvalue weighted by Gasteiger charge is 2.36. The first kappa shape index (κ1) is 19.6. The van der Waals surface area contributed by atoms with Crippen LogP contribution >= 0.6 is 0 Å². The molecule has 1 saturated heterocycles. The topological polar surface area (TPSA) is 56.2 Å². The van der Waals surface area contributed by atoms with E-state index in [4.69, 9.17) is 4.74 Å². The quantitative estimate of drug-likeness (QED) is 0.880. The summed E-state index contributed by atoms with van der Waals surface area (Å²) in [6, 6.07) is 8.51. The van der Waals surface area contributed by atoms with Crippen LogP contribution in [0.1, 0.15) is 53.8 Å². The van der Waals surface area contributed by atoms with Crippen LogP contribution in [0.15, 0.2) is 24.3 Å². The fraction of sp³-hybridized carbons (Fsp3) is 0.545. The number of ether oxygens (including phenoxy) is 1. The molecule has 5 nitrogen and oxygen atoms in total. The highest BCUT2D eigenvalue weighted by atomic mass is 16.5. The van der Waals surface area contributed by atoms with Crippen LogP contribution in [0.2, 0.25) is 0 Å². The summed E-state index contributed by atoms with van der Waals surface area (Å²) in [6.07, 6.45) is 1.86. The Bertz CT molecular complexity index is 819. The summed E-state index contributed by atoms with van der Waals surface area (Å²) in [4.78, 5) is 13.0. The van der Waals surface area contributed by atoms with Crippen molar-refractivity contribution in [2.75, 3.05) is 19.8 Å². The molecule has 1 aromatic heterocycles. The van der Waals surface area contributed by atoms with E-state index in [1.165, 1.54) is 11.1 Å². The zero-order valence-electron chi connectivity index (χ0n) is 17.1. The van der Waals surface area contributed by atoms with Crippen LogP contribution in [0.25, 0.3) is 0 Å². The van der Waals surface area contributed by atoms with Crippen LogP contribution in [0.4, 0.5) is 0 Å². The van der Waals surface area contributed by atoms with Crippen molar-refractivity contribution in [3.8, 4) is 0 Å². The van der Waals surface area contributed by atoms with Crippen molar-refractivity contribution in [3.63, 3.8) is 0 Å². The van der Waals surface area contributed by atoms with Gasteiger partial charge in [0.25, 0.3) is 0 Å². The van der Waals surface area contributed by atoms with Crippen LogP contribution in [-0.2, 0) is 22.0 Å². The van der Waals surface area contributed by atoms with Crippen molar-refractivity contribution >= 4 is 5.91 Å². The third-order valence-corrected chi connectivity index (χ3v) is 6.16. The third-order valence-electron chi connectivity index (χ3n) is 6.16. The van der Waals surface area contributed by atoms with E-state index >= 15 is 0 Å². The summed E-state index contributed by atoms with van der Waals surface area (Å²) in [6.45, 7) is 10.2. The van der Waals surface area contributed by atoms with Gasteiger partial charge in [0.15, 0.2) is 0 Å². The number of aromatic nitrogens is 2. The maximum absolute atomic E-state index is 13.0. The number of hydrogen-bond acceptors (Lipinski definition) is 3. The highest BCUT2D eigenvalue weighted by Crippen LogP contribution is 2.36. The number of nitrogens with zero attached hydrogens (tertiary/aromatic N) is 2. The molecule has 1 atom stereocenters. The summed E-state index contributed by atoms with van der Waals surface area (Å²) >= 11 is 0. The van der Waals surface area contributed by atoms with Gasteiger partial charge in [0, 0.05) is 43.5 Å². The molecule has 1 aliphatic heterocycles. The van der Waals surface area contributed by atoms with Gasteiger partial charge in [0.1, 0.15) is 0 Å². The molecule has 2 aromatic rings. The number of benzene rings is 1. The SMILES string of the molecule is Cc1ccccc1C1(CNC(=O)[C@H](C)c2c(C)nn(C)c2C)CCOCC1. The second-order valence-electron chi connectivity index (χ2n) is 7.86. The van der Waals surface area contributed by atoms with Crippen LogP contribution in [0, 0.1) is 20.8 Å². The Morgan fingerprint density at radius 3 is 2.52 bits per heavy atom. The largest absolute Gasteiger partial charge is 0.381 e. The van der Waals surface area contributed by atoms with Gasteiger partial charge in [-0.15, -0.1) is 0 Å². The van der Waals surface area contributed by atoms with Gasteiger partial charge in [0.05, 0.1) is 11.6 Å². The van der Waals surface area contributed by atoms with Crippen LogP contribution in [0.3, 0.4) is 0 Å². The number of hydrogen-bond donors (Lipinski definition) is 1. The predicted molar refractivity (Wildman–Crippen MR) is 107 cm³/mol. The molecule has 0 aliphatic carbocycles. The Balaban J connectivity index is 1.79. The van der Waals surface area contributed by atoms with E-state index in [9.17, 15) is 4.79 Å². The summed E-state index contributed by atoms with van der Waals surface area (Å²) in [5.41, 5.74) is 5.56. The lowest BCUT2D eigenvalue weighted by molar-refractivity contribution is -0.122. The maximum Gasteiger partial charge on any atom is 0.227 e. The van der Waals surface area contributed by atoms with Crippen LogP contribution in [-0.4, -0.2) is 35.4 Å². The van der Waals surface area contributed by atoms with E-state index in [0.717, 1.165) is 43.0 Å². The molecule has 2 heterocycles. The van der Waals surface area contributed by atoms with E-state index in [-0.39, 0.29) is 17.2 Å². The zero-order valence-corrected chi connectivity index (χ0v) is 17.1. The first-order valence-corrected chi connectivity index (χ1v) is 9.77. The van der Waals surface area contributed by atoms with Gasteiger partial charge in [-0.3, -0.25) is 9.48 Å². The Hall–Kier alpha value is -2.14. The molecule has 1 fully saturated rings. The summed E-state index contributed by atoms with van der Waals surface area (Å²) in [5, 5.41) is 7.71. The average Bonchev–Trinajstić information content (AvgIpc) is 2.92. The van der Waals surface area contributed by atoms with E-state index < -0.39 is 0 Å². The van der Waals surface area contributed by atoms with Crippen molar-refractivity contribution < 1.29 is 9.53 Å². The second kappa shape index (κ2) is 7.85. The van der Waals surface area contributed by atoms with Crippen molar-refractivity contribution in [3.05, 3.63) is 52.3 Å². The maximum atomic E-state index is 13.0. The minimum atomic E-state index is -0.215. The lowest BCUT2D eigenvalue weighted by Gasteiger charge is -2.39. The molecular formula is C22H31N3O2. The van der Waals surface area contributed by atoms with Crippen LogP contribution in [0.5, 0.6) is 0 Å². The fourth-order valence-electron chi connectivity index (χ4n) is 4.43. The number of nitrogens with one attached hydrogen (secondary N) is 1. The molecule has 0 radical (unpaired) electrons. The van der Waals surface area contributed by atoms with E-state index in [0.29, 0.717) is 6.54 Å². The minimum absolute atomic E-state index is 0.0575. The molecule has 146 valence electrons. The summed E-state index contributed by atoms with van der Waals surface area (Å²) < 4.78 is 7.47. The molecular weight excluding hydrogens is 338 g/mol. The highest BCUT2D eigenvalue weighted by molar-refractivity contribution is 5.84. The van der Waals surface area contributed by atoms with Gasteiger partial charge in [-0.05, 0) is 51.7 Å². The molecule has 1 aliphatic rings. The lowest BCUT2D eigenvalue weighted by atomic mass is 9.72. The first-order valence-electron chi connectivity index (χ1n) is 9.77. The Labute approximate surface area is 162 Å². The van der Waals surface area contributed by atoms with Crippen molar-refractivity contribution in [1.29, 1.82) is 0 Å². The molecule has 1 aromatic carbocycles. The Morgan fingerprint density at radius 2 is 1.93 bits per heavy atom. The third kappa shape index (κ3) is 3.79. The Kier molecular flexibility index (Phi) is 5.70. The molecule has 0 saturated carbocycles. The number of rotatable bonds is 5.